The molecule has 2 N–H and O–H groups in total. The number of benzene rings is 4. The Morgan fingerprint density at radius 2 is 1.61 bits per heavy atom. The Hall–Kier alpha value is -5.09. The number of rotatable bonds is 6. The van der Waals surface area contributed by atoms with E-state index in [1.807, 2.05) is 24.3 Å². The lowest BCUT2D eigenvalue weighted by Crippen LogP contribution is -2.21. The Kier molecular flexibility index (Phi) is 7.50. The topological polar surface area (TPSA) is 94.6 Å². The molecule has 1 unspecified atom stereocenters. The van der Waals surface area contributed by atoms with Crippen LogP contribution < -0.4 is 19.9 Å². The lowest BCUT2D eigenvalue weighted by atomic mass is 9.83. The molecular weight excluding hydrogens is 519 g/mol. The zero-order valence-corrected chi connectivity index (χ0v) is 23.0. The third kappa shape index (κ3) is 6.07. The quantitative estimate of drug-likeness (QED) is 0.203. The summed E-state index contributed by atoms with van der Waals surface area (Å²) in [5.41, 5.74) is 10.3. The van der Waals surface area contributed by atoms with Gasteiger partial charge in [-0.2, -0.15) is 5.26 Å². The van der Waals surface area contributed by atoms with Crippen LogP contribution in [0.3, 0.4) is 0 Å². The second-order valence-corrected chi connectivity index (χ2v) is 10.8. The van der Waals surface area contributed by atoms with Gasteiger partial charge in [0.15, 0.2) is 0 Å². The predicted molar refractivity (Wildman–Crippen MR) is 153 cm³/mol. The zero-order chi connectivity index (χ0) is 29.1. The van der Waals surface area contributed by atoms with Crippen molar-refractivity contribution in [3.05, 3.63) is 136 Å². The van der Waals surface area contributed by atoms with E-state index in [1.165, 1.54) is 12.1 Å². The van der Waals surface area contributed by atoms with E-state index in [2.05, 4.69) is 26.8 Å². The van der Waals surface area contributed by atoms with Crippen molar-refractivity contribution in [2.75, 3.05) is 0 Å². The number of nitrogens with two attached hydrogens (primary N) is 1. The van der Waals surface area contributed by atoms with Gasteiger partial charge in [-0.25, -0.2) is 9.18 Å². The minimum atomic E-state index is -0.491. The number of ether oxygens (including phenoxy) is 3. The van der Waals surface area contributed by atoms with Gasteiger partial charge in [0, 0.05) is 11.6 Å². The molecule has 7 heteroatoms. The van der Waals surface area contributed by atoms with Gasteiger partial charge in [0.25, 0.3) is 0 Å². The molecule has 4 aromatic carbocycles. The standard InChI is InChI=1S/C34H29FN2O4/c1-34(2,3)24-10-6-23(7-11-24)33(38)40-27-16-17-28-30(18-27)41-32(37)29(19-36)31(28)22-8-14-26(15-9-22)39-20-21-4-12-25(35)13-5-21/h4-18,31H,20,37H2,1-3H3. The minimum Gasteiger partial charge on any atom is -0.489 e. The van der Waals surface area contributed by atoms with Crippen LogP contribution in [0.5, 0.6) is 17.2 Å². The number of allylic oxidation sites excluding steroid dienone is 1. The summed E-state index contributed by atoms with van der Waals surface area (Å²) in [7, 11) is 0. The first-order valence-electron chi connectivity index (χ1n) is 13.1. The van der Waals surface area contributed by atoms with E-state index in [9.17, 15) is 14.4 Å². The first kappa shape index (κ1) is 27.5. The van der Waals surface area contributed by atoms with Crippen molar-refractivity contribution >= 4 is 5.97 Å². The molecule has 6 nitrogen and oxygen atoms in total. The largest absolute Gasteiger partial charge is 0.489 e. The molecule has 0 aliphatic carbocycles. The summed E-state index contributed by atoms with van der Waals surface area (Å²) in [6.45, 7) is 6.61. The summed E-state index contributed by atoms with van der Waals surface area (Å²) in [5, 5.41) is 9.88. The van der Waals surface area contributed by atoms with Gasteiger partial charge in [0.2, 0.25) is 5.88 Å². The third-order valence-electron chi connectivity index (χ3n) is 6.92. The number of hydrogen-bond donors (Lipinski definition) is 1. The Balaban J connectivity index is 1.35. The maximum absolute atomic E-state index is 13.2. The Labute approximate surface area is 238 Å². The van der Waals surface area contributed by atoms with Crippen LogP contribution in [-0.2, 0) is 12.0 Å². The minimum absolute atomic E-state index is 0.0112. The summed E-state index contributed by atoms with van der Waals surface area (Å²) < 4.78 is 30.4. The van der Waals surface area contributed by atoms with Gasteiger partial charge < -0.3 is 19.9 Å². The van der Waals surface area contributed by atoms with Gasteiger partial charge in [-0.05, 0) is 64.6 Å². The van der Waals surface area contributed by atoms with E-state index in [1.54, 1.807) is 54.6 Å². The molecule has 0 aromatic heterocycles. The molecule has 1 atom stereocenters. The highest BCUT2D eigenvalue weighted by molar-refractivity contribution is 5.91. The summed E-state index contributed by atoms with van der Waals surface area (Å²) >= 11 is 0. The average Bonchev–Trinajstić information content (AvgIpc) is 2.96. The van der Waals surface area contributed by atoms with Crippen molar-refractivity contribution in [3.63, 3.8) is 0 Å². The fraction of sp³-hybridized carbons (Fsp3) is 0.176. The van der Waals surface area contributed by atoms with Crippen molar-refractivity contribution in [2.45, 2.75) is 38.7 Å². The summed E-state index contributed by atoms with van der Waals surface area (Å²) in [4.78, 5) is 12.8. The first-order valence-corrected chi connectivity index (χ1v) is 13.1. The van der Waals surface area contributed by atoms with Crippen molar-refractivity contribution in [2.24, 2.45) is 5.73 Å². The number of hydrogen-bond acceptors (Lipinski definition) is 6. The van der Waals surface area contributed by atoms with Crippen LogP contribution in [0.15, 0.2) is 102 Å². The first-order chi connectivity index (χ1) is 19.6. The van der Waals surface area contributed by atoms with Crippen LogP contribution in [0.1, 0.15) is 59.3 Å². The summed E-state index contributed by atoms with van der Waals surface area (Å²) in [5.74, 6) is 0.0367. The maximum Gasteiger partial charge on any atom is 0.343 e. The lowest BCUT2D eigenvalue weighted by Gasteiger charge is -2.27. The number of esters is 1. The molecule has 206 valence electrons. The van der Waals surface area contributed by atoms with Crippen LogP contribution >= 0.6 is 0 Å². The molecule has 0 saturated heterocycles. The van der Waals surface area contributed by atoms with Gasteiger partial charge in [-0.1, -0.05) is 63.2 Å². The van der Waals surface area contributed by atoms with Gasteiger partial charge in [-0.15, -0.1) is 0 Å². The Bertz CT molecular complexity index is 1650. The molecule has 1 aliphatic rings. The number of fused-ring (bicyclic) bond motifs is 1. The van der Waals surface area contributed by atoms with Crippen LogP contribution in [0.2, 0.25) is 0 Å². The maximum atomic E-state index is 13.2. The van der Waals surface area contributed by atoms with Gasteiger partial charge in [0.1, 0.15) is 41.3 Å². The van der Waals surface area contributed by atoms with Gasteiger partial charge >= 0.3 is 5.97 Å². The fourth-order valence-electron chi connectivity index (χ4n) is 4.62. The van der Waals surface area contributed by atoms with Gasteiger partial charge in [0.05, 0.1) is 11.5 Å². The summed E-state index contributed by atoms with van der Waals surface area (Å²) in [6.07, 6.45) is 0. The molecule has 0 spiro atoms. The van der Waals surface area contributed by atoms with Crippen LogP contribution in [-0.4, -0.2) is 5.97 Å². The second kappa shape index (κ2) is 11.2. The fourth-order valence-corrected chi connectivity index (χ4v) is 4.62. The Morgan fingerprint density at radius 3 is 2.24 bits per heavy atom. The van der Waals surface area contributed by atoms with Crippen molar-refractivity contribution in [3.8, 4) is 23.3 Å². The van der Waals surface area contributed by atoms with Crippen LogP contribution in [0, 0.1) is 17.1 Å². The van der Waals surface area contributed by atoms with E-state index >= 15 is 0 Å². The highest BCUT2D eigenvalue weighted by Gasteiger charge is 2.31. The Morgan fingerprint density at radius 1 is 0.951 bits per heavy atom. The third-order valence-corrected chi connectivity index (χ3v) is 6.92. The molecule has 1 heterocycles. The number of carbonyl (C=O) groups excluding carboxylic acids is 1. The highest BCUT2D eigenvalue weighted by atomic mass is 19.1. The smallest absolute Gasteiger partial charge is 0.343 e. The van der Waals surface area contributed by atoms with E-state index < -0.39 is 11.9 Å². The lowest BCUT2D eigenvalue weighted by molar-refractivity contribution is 0.0734. The molecule has 0 radical (unpaired) electrons. The molecule has 0 amide bonds. The van der Waals surface area contributed by atoms with Crippen molar-refractivity contribution in [1.82, 2.24) is 0 Å². The molecule has 0 saturated carbocycles. The molecule has 0 fully saturated rings. The van der Waals surface area contributed by atoms with Crippen LogP contribution in [0.25, 0.3) is 0 Å². The number of nitriles is 1. The molecule has 41 heavy (non-hydrogen) atoms. The molecule has 1 aliphatic heterocycles. The molecule has 4 aromatic rings. The number of halogens is 1. The van der Waals surface area contributed by atoms with E-state index in [4.69, 9.17) is 19.9 Å². The van der Waals surface area contributed by atoms with Crippen molar-refractivity contribution in [1.29, 1.82) is 5.26 Å². The van der Waals surface area contributed by atoms with E-state index in [0.29, 0.717) is 28.4 Å². The van der Waals surface area contributed by atoms with Gasteiger partial charge in [-0.3, -0.25) is 0 Å². The van der Waals surface area contributed by atoms with Crippen LogP contribution in [0.4, 0.5) is 4.39 Å². The second-order valence-electron chi connectivity index (χ2n) is 10.8. The number of nitrogens with zero attached hydrogens (tertiary/aromatic N) is 1. The van der Waals surface area contributed by atoms with E-state index in [0.717, 1.165) is 16.7 Å². The van der Waals surface area contributed by atoms with E-state index in [-0.39, 0.29) is 29.3 Å². The predicted octanol–water partition coefficient (Wildman–Crippen LogP) is 7.14. The number of carbonyl (C=O) groups is 1. The average molecular weight is 549 g/mol. The highest BCUT2D eigenvalue weighted by Crippen LogP contribution is 2.43. The van der Waals surface area contributed by atoms with Crippen molar-refractivity contribution < 1.29 is 23.4 Å². The molecule has 5 rings (SSSR count). The normalized spacial score (nSPS) is 14.5. The SMILES string of the molecule is CC(C)(C)c1ccc(C(=O)Oc2ccc3c(c2)OC(N)=C(C#N)C3c2ccc(OCc3ccc(F)cc3)cc2)cc1. The zero-order valence-electron chi connectivity index (χ0n) is 23.0. The summed E-state index contributed by atoms with van der Waals surface area (Å²) in [6, 6.07) is 28.0. The molecular formula is C34H29FN2O4. The molecule has 0 bridgehead atoms. The monoisotopic (exact) mass is 548 g/mol.